The van der Waals surface area contributed by atoms with Crippen molar-refractivity contribution in [2.24, 2.45) is 5.10 Å². The highest BCUT2D eigenvalue weighted by Crippen LogP contribution is 2.34. The predicted molar refractivity (Wildman–Crippen MR) is 104 cm³/mol. The fourth-order valence-corrected chi connectivity index (χ4v) is 4.07. The Kier molecular flexibility index (Phi) is 5.29. The van der Waals surface area contributed by atoms with Crippen LogP contribution in [0.1, 0.15) is 28.7 Å². The van der Waals surface area contributed by atoms with Gasteiger partial charge in [-0.25, -0.2) is 5.01 Å². The van der Waals surface area contributed by atoms with Gasteiger partial charge in [0.2, 0.25) is 0 Å². The molecule has 0 aliphatic carbocycles. The molecule has 1 aliphatic rings. The quantitative estimate of drug-likeness (QED) is 0.579. The third-order valence-corrected chi connectivity index (χ3v) is 5.71. The van der Waals surface area contributed by atoms with E-state index in [-0.39, 0.29) is 0 Å². The van der Waals surface area contributed by atoms with E-state index in [0.29, 0.717) is 34.7 Å². The van der Waals surface area contributed by atoms with E-state index in [9.17, 15) is 22.8 Å². The summed E-state index contributed by atoms with van der Waals surface area (Å²) >= 11 is 7.12. The highest BCUT2D eigenvalue weighted by Gasteiger charge is 2.36. The minimum Gasteiger partial charge on any atom is -0.467 e. The smallest absolute Gasteiger partial charge is 0.417 e. The Labute approximate surface area is 176 Å². The molecule has 4 heterocycles. The van der Waals surface area contributed by atoms with Gasteiger partial charge in [-0.3, -0.25) is 9.59 Å². The zero-order valence-corrected chi connectivity index (χ0v) is 16.7. The van der Waals surface area contributed by atoms with Gasteiger partial charge in [0.1, 0.15) is 23.4 Å². The number of halogens is 4. The van der Waals surface area contributed by atoms with Crippen LogP contribution in [0.4, 0.5) is 13.2 Å². The summed E-state index contributed by atoms with van der Waals surface area (Å²) in [4.78, 5) is 26.0. The van der Waals surface area contributed by atoms with Crippen molar-refractivity contribution in [1.29, 1.82) is 0 Å². The molecule has 156 valence electrons. The number of hydrogen-bond acceptors (Lipinski definition) is 5. The van der Waals surface area contributed by atoms with Crippen LogP contribution in [0.15, 0.2) is 62.5 Å². The average Bonchev–Trinajstić information content (AvgIpc) is 3.44. The molecule has 3 aromatic rings. The van der Waals surface area contributed by atoms with E-state index in [2.05, 4.69) is 5.10 Å². The molecule has 1 amide bonds. The van der Waals surface area contributed by atoms with Gasteiger partial charge in [-0.2, -0.15) is 18.3 Å². The summed E-state index contributed by atoms with van der Waals surface area (Å²) in [6.07, 6.45) is -2.30. The van der Waals surface area contributed by atoms with Gasteiger partial charge < -0.3 is 8.98 Å². The van der Waals surface area contributed by atoms with E-state index in [4.69, 9.17) is 16.0 Å². The Balaban J connectivity index is 1.67. The summed E-state index contributed by atoms with van der Waals surface area (Å²) < 4.78 is 45.3. The molecular formula is C19H13ClF3N3O3S. The van der Waals surface area contributed by atoms with Gasteiger partial charge in [-0.15, -0.1) is 11.3 Å². The lowest BCUT2D eigenvalue weighted by atomic mass is 10.1. The molecule has 1 aliphatic heterocycles. The standard InChI is InChI=1S/C19H13ClF3N3O3S/c20-12-7-11(19(21,22)23)9-25(18(12)28)10-17(27)26-14(15-3-1-5-29-15)8-13(24-26)16-4-2-6-30-16/h1-7,9,14H,8,10H2. The van der Waals surface area contributed by atoms with Crippen LogP contribution < -0.4 is 5.56 Å². The fourth-order valence-electron chi connectivity index (χ4n) is 3.12. The molecule has 1 atom stereocenters. The molecule has 30 heavy (non-hydrogen) atoms. The number of thiophene rings is 1. The Morgan fingerprint density at radius 1 is 1.33 bits per heavy atom. The maximum absolute atomic E-state index is 13.1. The van der Waals surface area contributed by atoms with Crippen LogP contribution in [-0.4, -0.2) is 21.2 Å². The maximum Gasteiger partial charge on any atom is 0.417 e. The molecule has 0 fully saturated rings. The second-order valence-corrected chi connectivity index (χ2v) is 7.86. The number of carbonyl (C=O) groups excluding carboxylic acids is 1. The summed E-state index contributed by atoms with van der Waals surface area (Å²) in [6.45, 7) is -0.652. The number of hydrazone groups is 1. The first-order valence-electron chi connectivity index (χ1n) is 8.68. The zero-order valence-electron chi connectivity index (χ0n) is 15.1. The molecule has 0 saturated heterocycles. The molecule has 3 aromatic heterocycles. The average molecular weight is 456 g/mol. The topological polar surface area (TPSA) is 67.8 Å². The lowest BCUT2D eigenvalue weighted by Gasteiger charge is -2.20. The SMILES string of the molecule is O=C(Cn1cc(C(F)(F)F)cc(Cl)c1=O)N1N=C(c2cccs2)CC1c1ccco1. The molecular weight excluding hydrogens is 443 g/mol. The van der Waals surface area contributed by atoms with Crippen molar-refractivity contribution in [2.75, 3.05) is 0 Å². The van der Waals surface area contributed by atoms with Gasteiger partial charge >= 0.3 is 6.18 Å². The second-order valence-electron chi connectivity index (χ2n) is 6.51. The molecule has 0 spiro atoms. The van der Waals surface area contributed by atoms with Crippen molar-refractivity contribution in [2.45, 2.75) is 25.2 Å². The normalized spacial score (nSPS) is 16.7. The zero-order chi connectivity index (χ0) is 21.5. The van der Waals surface area contributed by atoms with Crippen molar-refractivity contribution in [1.82, 2.24) is 9.58 Å². The summed E-state index contributed by atoms with van der Waals surface area (Å²) in [5.74, 6) is -0.187. The molecule has 1 unspecified atom stereocenters. The molecule has 0 bridgehead atoms. The minimum absolute atomic E-state index is 0.373. The van der Waals surface area contributed by atoms with Crippen molar-refractivity contribution in [3.63, 3.8) is 0 Å². The van der Waals surface area contributed by atoms with Crippen LogP contribution in [0.3, 0.4) is 0 Å². The van der Waals surface area contributed by atoms with Crippen molar-refractivity contribution in [3.8, 4) is 0 Å². The molecule has 0 radical (unpaired) electrons. The van der Waals surface area contributed by atoms with Crippen LogP contribution in [0.5, 0.6) is 0 Å². The van der Waals surface area contributed by atoms with E-state index in [1.54, 1.807) is 12.1 Å². The number of amides is 1. The van der Waals surface area contributed by atoms with Gasteiger partial charge in [-0.05, 0) is 29.6 Å². The van der Waals surface area contributed by atoms with Gasteiger partial charge in [0.05, 0.1) is 22.4 Å². The monoisotopic (exact) mass is 455 g/mol. The number of furan rings is 1. The van der Waals surface area contributed by atoms with Crippen molar-refractivity contribution >= 4 is 34.6 Å². The highest BCUT2D eigenvalue weighted by atomic mass is 35.5. The van der Waals surface area contributed by atoms with Crippen LogP contribution >= 0.6 is 22.9 Å². The molecule has 0 N–H and O–H groups in total. The number of carbonyl (C=O) groups is 1. The van der Waals surface area contributed by atoms with Crippen LogP contribution in [0.25, 0.3) is 0 Å². The lowest BCUT2D eigenvalue weighted by molar-refractivity contribution is -0.139. The molecule has 6 nitrogen and oxygen atoms in total. The minimum atomic E-state index is -4.71. The fraction of sp³-hybridized carbons (Fsp3) is 0.211. The molecule has 11 heteroatoms. The van der Waals surface area contributed by atoms with Gasteiger partial charge in [0.25, 0.3) is 11.5 Å². The largest absolute Gasteiger partial charge is 0.467 e. The molecule has 0 saturated carbocycles. The number of rotatable bonds is 4. The predicted octanol–water partition coefficient (Wildman–Crippen LogP) is 4.55. The molecule has 4 rings (SSSR count). The summed E-state index contributed by atoms with van der Waals surface area (Å²) in [5.41, 5.74) is -1.37. The second kappa shape index (κ2) is 7.77. The van der Waals surface area contributed by atoms with E-state index in [1.807, 2.05) is 17.5 Å². The first-order valence-corrected chi connectivity index (χ1v) is 9.94. The first kappa shape index (κ1) is 20.4. The number of alkyl halides is 3. The van der Waals surface area contributed by atoms with E-state index in [1.165, 1.54) is 17.6 Å². The van der Waals surface area contributed by atoms with Gasteiger partial charge in [-0.1, -0.05) is 17.7 Å². The molecule has 0 aromatic carbocycles. The van der Waals surface area contributed by atoms with Crippen LogP contribution in [0.2, 0.25) is 5.02 Å². The van der Waals surface area contributed by atoms with Crippen LogP contribution in [-0.2, 0) is 17.5 Å². The van der Waals surface area contributed by atoms with E-state index < -0.39 is 40.8 Å². The maximum atomic E-state index is 13.1. The lowest BCUT2D eigenvalue weighted by Crippen LogP contribution is -2.34. The van der Waals surface area contributed by atoms with E-state index >= 15 is 0 Å². The Bertz CT molecular complexity index is 1150. The summed E-state index contributed by atoms with van der Waals surface area (Å²) in [5, 5.41) is 6.76. The Morgan fingerprint density at radius 2 is 2.13 bits per heavy atom. The third-order valence-electron chi connectivity index (χ3n) is 4.52. The third kappa shape index (κ3) is 3.92. The number of aromatic nitrogens is 1. The van der Waals surface area contributed by atoms with Gasteiger partial charge in [0.15, 0.2) is 0 Å². The van der Waals surface area contributed by atoms with Crippen molar-refractivity contribution < 1.29 is 22.4 Å². The summed E-state index contributed by atoms with van der Waals surface area (Å²) in [6, 6.07) is 7.02. The first-order chi connectivity index (χ1) is 14.2. The Hall–Kier alpha value is -2.85. The van der Waals surface area contributed by atoms with Crippen LogP contribution in [0, 0.1) is 0 Å². The van der Waals surface area contributed by atoms with Gasteiger partial charge in [0, 0.05) is 12.6 Å². The number of nitrogens with zero attached hydrogens (tertiary/aromatic N) is 3. The highest BCUT2D eigenvalue weighted by molar-refractivity contribution is 7.12. The number of pyridine rings is 1. The van der Waals surface area contributed by atoms with Crippen molar-refractivity contribution in [3.05, 3.63) is 79.7 Å². The summed E-state index contributed by atoms with van der Waals surface area (Å²) in [7, 11) is 0. The number of hydrogen-bond donors (Lipinski definition) is 0. The van der Waals surface area contributed by atoms with E-state index in [0.717, 1.165) is 9.89 Å². The Morgan fingerprint density at radius 3 is 2.77 bits per heavy atom.